The molecule has 3 aromatic carbocycles. The second kappa shape index (κ2) is 10.9. The van der Waals surface area contributed by atoms with E-state index in [-0.39, 0.29) is 16.6 Å². The predicted octanol–water partition coefficient (Wildman–Crippen LogP) is 4.48. The number of carbonyl (C=O) groups is 1. The second-order valence-corrected chi connectivity index (χ2v) is 11.6. The van der Waals surface area contributed by atoms with Crippen LogP contribution >= 0.6 is 0 Å². The molecule has 1 amide bonds. The van der Waals surface area contributed by atoms with Crippen LogP contribution in [0.25, 0.3) is 10.9 Å². The number of aryl methyl sites for hydroxylation is 1. The zero-order valence-electron chi connectivity index (χ0n) is 21.6. The van der Waals surface area contributed by atoms with E-state index >= 15 is 0 Å². The largest absolute Gasteiger partial charge is 0.497 e. The molecule has 1 aromatic heterocycles. The number of amides is 1. The number of methoxy groups -OCH3 is 1. The van der Waals surface area contributed by atoms with Crippen LogP contribution in [0, 0.1) is 6.92 Å². The first-order valence-corrected chi connectivity index (χ1v) is 14.3. The van der Waals surface area contributed by atoms with Gasteiger partial charge in [0.1, 0.15) is 5.75 Å². The van der Waals surface area contributed by atoms with E-state index in [1.165, 1.54) is 11.1 Å². The summed E-state index contributed by atoms with van der Waals surface area (Å²) in [6.45, 7) is 5.83. The van der Waals surface area contributed by atoms with Gasteiger partial charge in [-0.3, -0.25) is 14.7 Å². The Labute approximate surface area is 223 Å². The molecule has 0 atom stereocenters. The van der Waals surface area contributed by atoms with Gasteiger partial charge < -0.3 is 9.64 Å². The van der Waals surface area contributed by atoms with Crippen LogP contribution in [0.4, 0.5) is 0 Å². The van der Waals surface area contributed by atoms with Crippen molar-refractivity contribution in [1.82, 2.24) is 14.8 Å². The van der Waals surface area contributed by atoms with Gasteiger partial charge in [0.25, 0.3) is 5.91 Å². The normalized spacial score (nSPS) is 14.5. The van der Waals surface area contributed by atoms with Gasteiger partial charge in [-0.25, -0.2) is 8.42 Å². The molecule has 7 nitrogen and oxygen atoms in total. The fourth-order valence-electron chi connectivity index (χ4n) is 4.87. The standard InChI is InChI=1S/C30H31N3O4S/c1-22-19-27(37-2)13-12-26(22)20-32-15-17-33(18-16-32)30(34)25-10-8-23(9-11-25)21-38(35,36)28-7-3-5-24-6-4-14-31-29(24)28/h3-14,19H,15-18,20-21H2,1-2H3. The molecule has 2 heterocycles. The van der Waals surface area contributed by atoms with Crippen molar-refractivity contribution in [2.45, 2.75) is 24.1 Å². The van der Waals surface area contributed by atoms with Crippen molar-refractivity contribution in [2.24, 2.45) is 0 Å². The molecule has 38 heavy (non-hydrogen) atoms. The van der Waals surface area contributed by atoms with E-state index in [2.05, 4.69) is 22.9 Å². The number of nitrogens with zero attached hydrogens (tertiary/aromatic N) is 3. The summed E-state index contributed by atoms with van der Waals surface area (Å²) in [7, 11) is -1.93. The molecule has 0 saturated carbocycles. The van der Waals surface area contributed by atoms with Crippen LogP contribution < -0.4 is 4.74 Å². The number of ether oxygens (including phenoxy) is 1. The Balaban J connectivity index is 1.20. The summed E-state index contributed by atoms with van der Waals surface area (Å²) in [4.78, 5) is 21.8. The Kier molecular flexibility index (Phi) is 7.44. The van der Waals surface area contributed by atoms with Crippen molar-refractivity contribution in [3.8, 4) is 5.75 Å². The number of carbonyl (C=O) groups excluding carboxylic acids is 1. The van der Waals surface area contributed by atoms with Gasteiger partial charge in [0.2, 0.25) is 0 Å². The maximum absolute atomic E-state index is 13.2. The minimum atomic E-state index is -3.60. The SMILES string of the molecule is COc1ccc(CN2CCN(C(=O)c3ccc(CS(=O)(=O)c4cccc5cccnc45)cc3)CC2)c(C)c1. The van der Waals surface area contributed by atoms with Crippen LogP contribution in [0.3, 0.4) is 0 Å². The molecule has 0 N–H and O–H groups in total. The Morgan fingerprint density at radius 2 is 1.68 bits per heavy atom. The van der Waals surface area contributed by atoms with E-state index in [9.17, 15) is 13.2 Å². The smallest absolute Gasteiger partial charge is 0.253 e. The molecule has 5 rings (SSSR count). The number of fused-ring (bicyclic) bond motifs is 1. The minimum absolute atomic E-state index is 0.0297. The van der Waals surface area contributed by atoms with Crippen LogP contribution in [0.1, 0.15) is 27.0 Å². The number of benzene rings is 3. The lowest BCUT2D eigenvalue weighted by atomic mass is 10.1. The molecule has 4 aromatic rings. The maximum atomic E-state index is 13.2. The number of aromatic nitrogens is 1. The van der Waals surface area contributed by atoms with E-state index in [1.807, 2.05) is 29.2 Å². The topological polar surface area (TPSA) is 79.8 Å². The molecule has 8 heteroatoms. The summed E-state index contributed by atoms with van der Waals surface area (Å²) in [5.74, 6) is 0.675. The van der Waals surface area contributed by atoms with Gasteiger partial charge in [0.05, 0.1) is 23.3 Å². The highest BCUT2D eigenvalue weighted by Gasteiger charge is 2.23. The van der Waals surface area contributed by atoms with Gasteiger partial charge in [-0.1, -0.05) is 36.4 Å². The van der Waals surface area contributed by atoms with E-state index < -0.39 is 9.84 Å². The highest BCUT2D eigenvalue weighted by Crippen LogP contribution is 2.25. The summed E-state index contributed by atoms with van der Waals surface area (Å²) < 4.78 is 31.6. The molecule has 0 radical (unpaired) electrons. The quantitative estimate of drug-likeness (QED) is 0.351. The van der Waals surface area contributed by atoms with Crippen LogP contribution in [-0.4, -0.2) is 62.4 Å². The third-order valence-corrected chi connectivity index (χ3v) is 8.80. The number of para-hydroxylation sites is 1. The van der Waals surface area contributed by atoms with Crippen molar-refractivity contribution in [1.29, 1.82) is 0 Å². The molecule has 1 fully saturated rings. The average Bonchev–Trinajstić information content (AvgIpc) is 2.94. The molecule has 0 unspecified atom stereocenters. The highest BCUT2D eigenvalue weighted by atomic mass is 32.2. The number of hydrogen-bond acceptors (Lipinski definition) is 6. The van der Waals surface area contributed by atoms with Gasteiger partial charge in [-0.2, -0.15) is 0 Å². The van der Waals surface area contributed by atoms with Crippen LogP contribution in [0.15, 0.2) is 83.9 Å². The summed E-state index contributed by atoms with van der Waals surface area (Å²) in [6, 6.07) is 21.8. The predicted molar refractivity (Wildman–Crippen MR) is 148 cm³/mol. The molecule has 1 aliphatic rings. The van der Waals surface area contributed by atoms with Crippen LogP contribution in [0.2, 0.25) is 0 Å². The van der Waals surface area contributed by atoms with Crippen molar-refractivity contribution in [3.05, 3.63) is 101 Å². The zero-order chi connectivity index (χ0) is 26.7. The monoisotopic (exact) mass is 529 g/mol. The van der Waals surface area contributed by atoms with Gasteiger partial charge >= 0.3 is 0 Å². The Bertz CT molecular complexity index is 1560. The summed E-state index contributed by atoms with van der Waals surface area (Å²) >= 11 is 0. The molecule has 1 aliphatic heterocycles. The van der Waals surface area contributed by atoms with E-state index in [1.54, 1.807) is 55.8 Å². The lowest BCUT2D eigenvalue weighted by Crippen LogP contribution is -2.48. The Morgan fingerprint density at radius 3 is 2.39 bits per heavy atom. The van der Waals surface area contributed by atoms with Crippen molar-refractivity contribution in [2.75, 3.05) is 33.3 Å². The third kappa shape index (κ3) is 5.56. The van der Waals surface area contributed by atoms with Crippen molar-refractivity contribution < 1.29 is 17.9 Å². The number of sulfone groups is 1. The van der Waals surface area contributed by atoms with E-state index in [0.29, 0.717) is 29.7 Å². The fraction of sp³-hybridized carbons (Fsp3) is 0.267. The minimum Gasteiger partial charge on any atom is -0.497 e. The highest BCUT2D eigenvalue weighted by molar-refractivity contribution is 7.90. The van der Waals surface area contributed by atoms with Crippen molar-refractivity contribution >= 4 is 26.6 Å². The number of rotatable bonds is 7. The molecule has 0 aliphatic carbocycles. The molecular weight excluding hydrogens is 498 g/mol. The van der Waals surface area contributed by atoms with Crippen LogP contribution in [0.5, 0.6) is 5.75 Å². The average molecular weight is 530 g/mol. The number of piperazine rings is 1. The fourth-order valence-corrected chi connectivity index (χ4v) is 6.41. The first kappa shape index (κ1) is 25.9. The van der Waals surface area contributed by atoms with Gasteiger partial charge in [0.15, 0.2) is 9.84 Å². The van der Waals surface area contributed by atoms with Crippen molar-refractivity contribution in [3.63, 3.8) is 0 Å². The maximum Gasteiger partial charge on any atom is 0.253 e. The van der Waals surface area contributed by atoms with Gasteiger partial charge in [-0.05, 0) is 60.0 Å². The van der Waals surface area contributed by atoms with Gasteiger partial charge in [-0.15, -0.1) is 0 Å². The molecular formula is C30H31N3O4S. The number of hydrogen-bond donors (Lipinski definition) is 0. The van der Waals surface area contributed by atoms with E-state index in [4.69, 9.17) is 4.74 Å². The number of pyridine rings is 1. The second-order valence-electron chi connectivity index (χ2n) is 9.65. The summed E-state index contributed by atoms with van der Waals surface area (Å²) in [5.41, 5.74) is 4.13. The molecule has 1 saturated heterocycles. The summed E-state index contributed by atoms with van der Waals surface area (Å²) in [6.07, 6.45) is 1.60. The molecule has 0 spiro atoms. The first-order valence-electron chi connectivity index (χ1n) is 12.6. The summed E-state index contributed by atoms with van der Waals surface area (Å²) in [5, 5.41) is 0.786. The molecule has 0 bridgehead atoms. The Morgan fingerprint density at radius 1 is 0.947 bits per heavy atom. The van der Waals surface area contributed by atoms with Gasteiger partial charge in [0, 0.05) is 49.9 Å². The third-order valence-electron chi connectivity index (χ3n) is 7.09. The van der Waals surface area contributed by atoms with E-state index in [0.717, 1.165) is 30.8 Å². The lowest BCUT2D eigenvalue weighted by Gasteiger charge is -2.35. The van der Waals surface area contributed by atoms with Crippen LogP contribution in [-0.2, 0) is 22.1 Å². The first-order chi connectivity index (χ1) is 18.3. The Hall–Kier alpha value is -3.75. The lowest BCUT2D eigenvalue weighted by molar-refractivity contribution is 0.0628. The zero-order valence-corrected chi connectivity index (χ0v) is 22.4. The molecule has 196 valence electrons.